The SMILES string of the molecule is Clc1ccc(CNC2CCCc3c2[nH]c2ccccc32)cc1. The second-order valence-electron chi connectivity index (χ2n) is 6.01. The van der Waals surface area contributed by atoms with E-state index >= 15 is 0 Å². The minimum Gasteiger partial charge on any atom is -0.357 e. The van der Waals surface area contributed by atoms with Crippen LogP contribution in [0, 0.1) is 0 Å². The number of aryl methyl sites for hydroxylation is 1. The summed E-state index contributed by atoms with van der Waals surface area (Å²) in [7, 11) is 0. The molecule has 2 aromatic carbocycles. The molecule has 1 unspecified atom stereocenters. The summed E-state index contributed by atoms with van der Waals surface area (Å²) in [4.78, 5) is 3.63. The number of H-pyrrole nitrogens is 1. The van der Waals surface area contributed by atoms with E-state index in [2.05, 4.69) is 46.7 Å². The molecule has 1 aromatic heterocycles. The highest BCUT2D eigenvalue weighted by molar-refractivity contribution is 6.30. The summed E-state index contributed by atoms with van der Waals surface area (Å²) in [6.45, 7) is 0.872. The minimum atomic E-state index is 0.409. The third kappa shape index (κ3) is 2.53. The fourth-order valence-corrected chi connectivity index (χ4v) is 3.59. The van der Waals surface area contributed by atoms with Crippen molar-refractivity contribution in [1.82, 2.24) is 10.3 Å². The van der Waals surface area contributed by atoms with Gasteiger partial charge in [0.15, 0.2) is 0 Å². The number of nitrogens with one attached hydrogen (secondary N) is 2. The lowest BCUT2D eigenvalue weighted by Gasteiger charge is -2.24. The highest BCUT2D eigenvalue weighted by Crippen LogP contribution is 2.34. The van der Waals surface area contributed by atoms with Crippen LogP contribution in [-0.2, 0) is 13.0 Å². The molecule has 4 rings (SSSR count). The number of para-hydroxylation sites is 1. The molecule has 0 saturated carbocycles. The second kappa shape index (κ2) is 5.79. The molecule has 0 aliphatic heterocycles. The third-order valence-electron chi connectivity index (χ3n) is 4.58. The van der Waals surface area contributed by atoms with Gasteiger partial charge >= 0.3 is 0 Å². The molecule has 2 N–H and O–H groups in total. The van der Waals surface area contributed by atoms with Gasteiger partial charge in [-0.15, -0.1) is 0 Å². The first-order chi connectivity index (χ1) is 10.8. The molecule has 3 heteroatoms. The molecule has 2 nitrogen and oxygen atoms in total. The number of aromatic nitrogens is 1. The van der Waals surface area contributed by atoms with Gasteiger partial charge in [0.05, 0.1) is 0 Å². The van der Waals surface area contributed by atoms with Gasteiger partial charge in [0.25, 0.3) is 0 Å². The van der Waals surface area contributed by atoms with Crippen molar-refractivity contribution >= 4 is 22.5 Å². The lowest BCUT2D eigenvalue weighted by molar-refractivity contribution is 0.452. The van der Waals surface area contributed by atoms with Crippen LogP contribution in [0.25, 0.3) is 10.9 Å². The lowest BCUT2D eigenvalue weighted by Crippen LogP contribution is -2.24. The monoisotopic (exact) mass is 310 g/mol. The summed E-state index contributed by atoms with van der Waals surface area (Å²) in [6, 6.07) is 17.1. The average Bonchev–Trinajstić information content (AvgIpc) is 2.94. The maximum Gasteiger partial charge on any atom is 0.0478 e. The Bertz CT molecular complexity index is 789. The van der Waals surface area contributed by atoms with E-state index in [1.54, 1.807) is 0 Å². The van der Waals surface area contributed by atoms with Crippen LogP contribution in [0.15, 0.2) is 48.5 Å². The number of aromatic amines is 1. The van der Waals surface area contributed by atoms with Crippen molar-refractivity contribution in [2.24, 2.45) is 0 Å². The molecule has 0 spiro atoms. The van der Waals surface area contributed by atoms with Gasteiger partial charge < -0.3 is 10.3 Å². The van der Waals surface area contributed by atoms with Gasteiger partial charge in [0.1, 0.15) is 0 Å². The number of halogens is 1. The maximum atomic E-state index is 5.95. The molecular formula is C19H19ClN2. The standard InChI is InChI=1S/C19H19ClN2/c20-14-10-8-13(9-11-14)12-21-18-7-3-5-16-15-4-1-2-6-17(15)22-19(16)18/h1-2,4,6,8-11,18,21-22H,3,5,7,12H2. The Kier molecular flexibility index (Phi) is 3.65. The third-order valence-corrected chi connectivity index (χ3v) is 4.83. The van der Waals surface area contributed by atoms with Crippen LogP contribution in [0.5, 0.6) is 0 Å². The molecule has 0 fully saturated rings. The summed E-state index contributed by atoms with van der Waals surface area (Å²) in [5, 5.41) is 5.88. The summed E-state index contributed by atoms with van der Waals surface area (Å²) < 4.78 is 0. The highest BCUT2D eigenvalue weighted by Gasteiger charge is 2.23. The van der Waals surface area contributed by atoms with E-state index in [9.17, 15) is 0 Å². The van der Waals surface area contributed by atoms with Crippen molar-refractivity contribution in [3.05, 3.63) is 70.4 Å². The first-order valence-electron chi connectivity index (χ1n) is 7.88. The topological polar surface area (TPSA) is 27.8 Å². The fourth-order valence-electron chi connectivity index (χ4n) is 3.46. The Morgan fingerprint density at radius 1 is 1.09 bits per heavy atom. The highest BCUT2D eigenvalue weighted by atomic mass is 35.5. The number of hydrogen-bond donors (Lipinski definition) is 2. The summed E-state index contributed by atoms with van der Waals surface area (Å²) in [5.41, 5.74) is 5.40. The lowest BCUT2D eigenvalue weighted by atomic mass is 9.91. The first-order valence-corrected chi connectivity index (χ1v) is 8.26. The Morgan fingerprint density at radius 2 is 1.91 bits per heavy atom. The molecule has 0 bridgehead atoms. The predicted octanol–water partition coefficient (Wildman–Crippen LogP) is 4.99. The normalized spacial score (nSPS) is 17.6. The summed E-state index contributed by atoms with van der Waals surface area (Å²) >= 11 is 5.95. The molecule has 22 heavy (non-hydrogen) atoms. The van der Waals surface area contributed by atoms with Crippen LogP contribution in [0.2, 0.25) is 5.02 Å². The molecule has 112 valence electrons. The van der Waals surface area contributed by atoms with E-state index in [0.29, 0.717) is 6.04 Å². The van der Waals surface area contributed by atoms with Crippen LogP contribution in [0.3, 0.4) is 0 Å². The van der Waals surface area contributed by atoms with E-state index in [0.717, 1.165) is 11.6 Å². The van der Waals surface area contributed by atoms with Gasteiger partial charge in [-0.25, -0.2) is 0 Å². The molecular weight excluding hydrogens is 292 g/mol. The van der Waals surface area contributed by atoms with Crippen molar-refractivity contribution < 1.29 is 0 Å². The molecule has 1 heterocycles. The van der Waals surface area contributed by atoms with E-state index in [1.165, 1.54) is 47.0 Å². The minimum absolute atomic E-state index is 0.409. The van der Waals surface area contributed by atoms with Crippen molar-refractivity contribution in [1.29, 1.82) is 0 Å². The van der Waals surface area contributed by atoms with Gasteiger partial charge in [0, 0.05) is 34.2 Å². The number of fused-ring (bicyclic) bond motifs is 3. The Labute approximate surface area is 135 Å². The van der Waals surface area contributed by atoms with Gasteiger partial charge in [-0.1, -0.05) is 41.9 Å². The Hall–Kier alpha value is -1.77. The van der Waals surface area contributed by atoms with Crippen molar-refractivity contribution in [3.63, 3.8) is 0 Å². The number of benzene rings is 2. The summed E-state index contributed by atoms with van der Waals surface area (Å²) in [6.07, 6.45) is 3.61. The number of hydrogen-bond acceptors (Lipinski definition) is 1. The molecule has 1 aliphatic rings. The van der Waals surface area contributed by atoms with E-state index in [4.69, 9.17) is 11.6 Å². The van der Waals surface area contributed by atoms with Gasteiger partial charge in [-0.05, 0) is 48.6 Å². The van der Waals surface area contributed by atoms with E-state index in [1.807, 2.05) is 12.1 Å². The molecule has 0 saturated heterocycles. The van der Waals surface area contributed by atoms with Crippen molar-refractivity contribution in [3.8, 4) is 0 Å². The zero-order valence-corrected chi connectivity index (χ0v) is 13.2. The predicted molar refractivity (Wildman–Crippen MR) is 92.3 cm³/mol. The summed E-state index contributed by atoms with van der Waals surface area (Å²) in [5.74, 6) is 0. The largest absolute Gasteiger partial charge is 0.357 e. The zero-order chi connectivity index (χ0) is 14.9. The van der Waals surface area contributed by atoms with Crippen LogP contribution in [-0.4, -0.2) is 4.98 Å². The van der Waals surface area contributed by atoms with Gasteiger partial charge in [0.2, 0.25) is 0 Å². The molecule has 1 atom stereocenters. The smallest absolute Gasteiger partial charge is 0.0478 e. The van der Waals surface area contributed by atoms with Crippen LogP contribution >= 0.6 is 11.6 Å². The van der Waals surface area contributed by atoms with Crippen LogP contribution in [0.1, 0.15) is 35.7 Å². The Morgan fingerprint density at radius 3 is 2.77 bits per heavy atom. The van der Waals surface area contributed by atoms with Gasteiger partial charge in [-0.3, -0.25) is 0 Å². The average molecular weight is 311 g/mol. The number of rotatable bonds is 3. The maximum absolute atomic E-state index is 5.95. The van der Waals surface area contributed by atoms with E-state index < -0.39 is 0 Å². The van der Waals surface area contributed by atoms with Crippen LogP contribution < -0.4 is 5.32 Å². The van der Waals surface area contributed by atoms with Crippen LogP contribution in [0.4, 0.5) is 0 Å². The Balaban J connectivity index is 1.58. The second-order valence-corrected chi connectivity index (χ2v) is 6.45. The van der Waals surface area contributed by atoms with Gasteiger partial charge in [-0.2, -0.15) is 0 Å². The zero-order valence-electron chi connectivity index (χ0n) is 12.4. The van der Waals surface area contributed by atoms with Crippen molar-refractivity contribution in [2.45, 2.75) is 31.8 Å². The quantitative estimate of drug-likeness (QED) is 0.701. The fraction of sp³-hybridized carbons (Fsp3) is 0.263. The molecule has 3 aromatic rings. The first kappa shape index (κ1) is 13.9. The van der Waals surface area contributed by atoms with Crippen molar-refractivity contribution in [2.75, 3.05) is 0 Å². The molecule has 0 amide bonds. The molecule has 0 radical (unpaired) electrons. The van der Waals surface area contributed by atoms with E-state index in [-0.39, 0.29) is 0 Å². The molecule has 1 aliphatic carbocycles.